The number of ether oxygens (including phenoxy) is 2. The summed E-state index contributed by atoms with van der Waals surface area (Å²) in [5, 5.41) is 10.6. The Kier molecular flexibility index (Phi) is 6.36. The van der Waals surface area contributed by atoms with Gasteiger partial charge in [-0.2, -0.15) is 5.10 Å². The number of nitrogens with zero attached hydrogens (tertiary/aromatic N) is 3. The highest BCUT2D eigenvalue weighted by Gasteiger charge is 2.16. The first-order valence-electron chi connectivity index (χ1n) is 12.0. The zero-order chi connectivity index (χ0) is 26.6. The lowest BCUT2D eigenvalue weighted by atomic mass is 10.0. The molecule has 0 unspecified atom stereocenters. The van der Waals surface area contributed by atoms with Gasteiger partial charge in [0.05, 0.1) is 23.6 Å². The van der Waals surface area contributed by atoms with Crippen molar-refractivity contribution in [1.82, 2.24) is 20.2 Å². The van der Waals surface area contributed by atoms with Gasteiger partial charge in [-0.05, 0) is 54.1 Å². The molecule has 0 fully saturated rings. The van der Waals surface area contributed by atoms with Crippen LogP contribution in [0.1, 0.15) is 10.5 Å². The number of hydrogen-bond donors (Lipinski definition) is 2. The summed E-state index contributed by atoms with van der Waals surface area (Å²) >= 11 is 0. The molecule has 0 aliphatic heterocycles. The van der Waals surface area contributed by atoms with Crippen LogP contribution in [0.25, 0.3) is 22.0 Å². The number of para-hydroxylation sites is 1. The van der Waals surface area contributed by atoms with Gasteiger partial charge >= 0.3 is 0 Å². The Morgan fingerprint density at radius 1 is 0.769 bits per heavy atom. The van der Waals surface area contributed by atoms with E-state index in [1.165, 1.54) is 18.3 Å². The lowest BCUT2D eigenvalue weighted by Crippen LogP contribution is -2.13. The smallest absolute Gasteiger partial charge is 0.276 e. The number of carbonyl (C=O) groups excluding carboxylic acids is 1. The number of nitrogens with one attached hydrogen (secondary N) is 2. The summed E-state index contributed by atoms with van der Waals surface area (Å²) in [7, 11) is 0. The first-order chi connectivity index (χ1) is 19.1. The topological polar surface area (TPSA) is 102 Å². The molecule has 2 N–H and O–H groups in total. The number of fused-ring (bicyclic) bond motifs is 1. The van der Waals surface area contributed by atoms with E-state index in [2.05, 4.69) is 25.5 Å². The fourth-order valence-corrected chi connectivity index (χ4v) is 3.98. The number of carbonyl (C=O) groups is 1. The summed E-state index contributed by atoms with van der Waals surface area (Å²) in [6.45, 7) is 0. The molecule has 3 heterocycles. The van der Waals surface area contributed by atoms with Crippen LogP contribution in [-0.4, -0.2) is 26.1 Å². The first kappa shape index (κ1) is 23.8. The van der Waals surface area contributed by atoms with Crippen LogP contribution in [0.3, 0.4) is 0 Å². The number of aromatic amines is 1. The lowest BCUT2D eigenvalue weighted by molar-refractivity contribution is 0.102. The maximum atomic E-state index is 13.4. The van der Waals surface area contributed by atoms with Crippen LogP contribution in [0.5, 0.6) is 23.1 Å². The van der Waals surface area contributed by atoms with E-state index in [1.807, 2.05) is 54.6 Å². The minimum atomic E-state index is -0.407. The van der Waals surface area contributed by atoms with Crippen molar-refractivity contribution in [3.05, 3.63) is 121 Å². The molecule has 3 aromatic carbocycles. The van der Waals surface area contributed by atoms with Gasteiger partial charge in [-0.1, -0.05) is 30.3 Å². The molecule has 0 aliphatic rings. The van der Waals surface area contributed by atoms with Crippen molar-refractivity contribution in [2.75, 3.05) is 5.32 Å². The van der Waals surface area contributed by atoms with E-state index in [9.17, 15) is 9.18 Å². The van der Waals surface area contributed by atoms with Crippen LogP contribution >= 0.6 is 0 Å². The maximum absolute atomic E-state index is 13.4. The predicted molar refractivity (Wildman–Crippen MR) is 145 cm³/mol. The van der Waals surface area contributed by atoms with E-state index >= 15 is 0 Å². The number of benzene rings is 3. The van der Waals surface area contributed by atoms with Crippen LogP contribution in [0.4, 0.5) is 10.1 Å². The summed E-state index contributed by atoms with van der Waals surface area (Å²) < 4.78 is 24.8. The summed E-state index contributed by atoms with van der Waals surface area (Å²) in [6, 6.07) is 26.0. The third-order valence-electron chi connectivity index (χ3n) is 5.82. The Morgan fingerprint density at radius 2 is 1.64 bits per heavy atom. The highest BCUT2D eigenvalue weighted by atomic mass is 19.1. The third-order valence-corrected chi connectivity index (χ3v) is 5.82. The van der Waals surface area contributed by atoms with Crippen LogP contribution in [0.15, 0.2) is 110 Å². The molecule has 8 nitrogen and oxygen atoms in total. The molecule has 0 atom stereocenters. The Bertz CT molecular complexity index is 1770. The molecule has 39 heavy (non-hydrogen) atoms. The second kappa shape index (κ2) is 10.4. The quantitative estimate of drug-likeness (QED) is 0.237. The van der Waals surface area contributed by atoms with Gasteiger partial charge in [-0.25, -0.2) is 9.37 Å². The number of aromatic nitrogens is 4. The average Bonchev–Trinajstić information content (AvgIpc) is 3.38. The Morgan fingerprint density at radius 3 is 2.46 bits per heavy atom. The Balaban J connectivity index is 1.20. The molecule has 0 aliphatic carbocycles. The van der Waals surface area contributed by atoms with E-state index in [4.69, 9.17) is 9.47 Å². The predicted octanol–water partition coefficient (Wildman–Crippen LogP) is 7.00. The summed E-state index contributed by atoms with van der Waals surface area (Å²) in [5.41, 5.74) is 3.08. The SMILES string of the molecule is O=C(Nc1ccc(Oc2cccc(F)c2)nc1)c1n[nH]c2ccc(-c3cncc(Oc4ccccc4)c3)cc12. The zero-order valence-electron chi connectivity index (χ0n) is 20.3. The number of hydrogen-bond acceptors (Lipinski definition) is 6. The zero-order valence-corrected chi connectivity index (χ0v) is 20.3. The van der Waals surface area contributed by atoms with Gasteiger partial charge in [0.15, 0.2) is 5.69 Å². The van der Waals surface area contributed by atoms with Crippen molar-refractivity contribution in [3.63, 3.8) is 0 Å². The van der Waals surface area contributed by atoms with Gasteiger partial charge in [0.2, 0.25) is 5.88 Å². The van der Waals surface area contributed by atoms with E-state index in [-0.39, 0.29) is 11.6 Å². The summed E-state index contributed by atoms with van der Waals surface area (Å²) in [6.07, 6.45) is 4.84. The fraction of sp³-hybridized carbons (Fsp3) is 0. The molecule has 6 aromatic rings. The Labute approximate surface area is 222 Å². The monoisotopic (exact) mass is 517 g/mol. The van der Waals surface area contributed by atoms with E-state index in [0.29, 0.717) is 33.8 Å². The molecular weight excluding hydrogens is 497 g/mol. The van der Waals surface area contributed by atoms with Gasteiger partial charge in [0, 0.05) is 29.3 Å². The maximum Gasteiger partial charge on any atom is 0.276 e. The van der Waals surface area contributed by atoms with E-state index in [0.717, 1.165) is 11.1 Å². The minimum Gasteiger partial charge on any atom is -0.456 e. The highest BCUT2D eigenvalue weighted by molar-refractivity contribution is 6.11. The van der Waals surface area contributed by atoms with Crippen molar-refractivity contribution < 1.29 is 18.7 Å². The van der Waals surface area contributed by atoms with E-state index in [1.54, 1.807) is 36.7 Å². The third kappa shape index (κ3) is 5.42. The van der Waals surface area contributed by atoms with Gasteiger partial charge < -0.3 is 14.8 Å². The van der Waals surface area contributed by atoms with Crippen molar-refractivity contribution in [2.45, 2.75) is 0 Å². The van der Waals surface area contributed by atoms with Crippen LogP contribution in [0.2, 0.25) is 0 Å². The van der Waals surface area contributed by atoms with E-state index < -0.39 is 11.7 Å². The molecule has 1 amide bonds. The normalized spacial score (nSPS) is 10.8. The minimum absolute atomic E-state index is 0.233. The molecule has 0 bridgehead atoms. The molecule has 6 rings (SSSR count). The fourth-order valence-electron chi connectivity index (χ4n) is 3.98. The lowest BCUT2D eigenvalue weighted by Gasteiger charge is -2.08. The molecule has 0 saturated heterocycles. The van der Waals surface area contributed by atoms with Gasteiger partial charge in [-0.3, -0.25) is 14.9 Å². The van der Waals surface area contributed by atoms with Crippen molar-refractivity contribution in [2.24, 2.45) is 0 Å². The number of pyridine rings is 2. The van der Waals surface area contributed by atoms with Crippen molar-refractivity contribution in [3.8, 4) is 34.3 Å². The number of halogens is 1. The average molecular weight is 518 g/mol. The summed E-state index contributed by atoms with van der Waals surface area (Å²) in [4.78, 5) is 21.6. The number of H-pyrrole nitrogens is 1. The first-order valence-corrected chi connectivity index (χ1v) is 12.0. The van der Waals surface area contributed by atoms with Crippen molar-refractivity contribution >= 4 is 22.5 Å². The molecular formula is C30H20FN5O3. The van der Waals surface area contributed by atoms with Crippen LogP contribution in [0, 0.1) is 5.82 Å². The van der Waals surface area contributed by atoms with Gasteiger partial charge in [0.25, 0.3) is 5.91 Å². The Hall–Kier alpha value is -5.57. The molecule has 0 saturated carbocycles. The largest absolute Gasteiger partial charge is 0.456 e. The molecule has 9 heteroatoms. The van der Waals surface area contributed by atoms with Crippen LogP contribution in [-0.2, 0) is 0 Å². The molecule has 0 radical (unpaired) electrons. The standard InChI is InChI=1S/C30H20FN5O3/c31-21-5-4-8-24(15-21)39-28-12-10-22(17-33-28)34-30(37)29-26-14-19(9-11-27(26)35-36-29)20-13-25(18-32-16-20)38-23-6-2-1-3-7-23/h1-18H,(H,34,37)(H,35,36). The van der Waals surface area contributed by atoms with Crippen molar-refractivity contribution in [1.29, 1.82) is 0 Å². The second-order valence-electron chi connectivity index (χ2n) is 8.56. The van der Waals surface area contributed by atoms with Gasteiger partial charge in [-0.15, -0.1) is 0 Å². The van der Waals surface area contributed by atoms with Crippen LogP contribution < -0.4 is 14.8 Å². The molecule has 190 valence electrons. The highest BCUT2D eigenvalue weighted by Crippen LogP contribution is 2.29. The number of rotatable bonds is 7. The second-order valence-corrected chi connectivity index (χ2v) is 8.56. The molecule has 0 spiro atoms. The molecule has 3 aromatic heterocycles. The number of anilines is 1. The van der Waals surface area contributed by atoms with Gasteiger partial charge in [0.1, 0.15) is 23.1 Å². The number of amides is 1. The summed E-state index contributed by atoms with van der Waals surface area (Å²) in [5.74, 6) is 1.09.